The van der Waals surface area contributed by atoms with E-state index in [0.29, 0.717) is 31.0 Å². The summed E-state index contributed by atoms with van der Waals surface area (Å²) in [4.78, 5) is 15.1. The number of rotatable bonds is 8. The van der Waals surface area contributed by atoms with E-state index in [2.05, 4.69) is 5.32 Å². The van der Waals surface area contributed by atoms with E-state index < -0.39 is 0 Å². The van der Waals surface area contributed by atoms with Gasteiger partial charge in [0.2, 0.25) is 0 Å². The van der Waals surface area contributed by atoms with E-state index in [1.807, 2.05) is 85.1 Å². The van der Waals surface area contributed by atoms with E-state index in [0.717, 1.165) is 28.1 Å². The lowest BCUT2D eigenvalue weighted by Gasteiger charge is -2.25. The quantitative estimate of drug-likeness (QED) is 0.561. The Morgan fingerprint density at radius 1 is 1.00 bits per heavy atom. The van der Waals surface area contributed by atoms with Gasteiger partial charge in [0, 0.05) is 31.2 Å². The molecule has 0 aliphatic heterocycles. The first-order valence-electron chi connectivity index (χ1n) is 10.4. The molecule has 2 amide bonds. The molecule has 1 N–H and O–H groups in total. The highest BCUT2D eigenvalue weighted by atomic mass is 16.5. The molecule has 0 spiro atoms. The summed E-state index contributed by atoms with van der Waals surface area (Å²) in [6.07, 6.45) is 2.69. The van der Waals surface area contributed by atoms with Crippen LogP contribution in [0.1, 0.15) is 22.4 Å². The zero-order valence-electron chi connectivity index (χ0n) is 18.9. The number of nitrogens with zero attached hydrogens (tertiary/aromatic N) is 2. The van der Waals surface area contributed by atoms with Crippen molar-refractivity contribution in [3.8, 4) is 11.5 Å². The van der Waals surface area contributed by atoms with Crippen LogP contribution < -0.4 is 14.8 Å². The Morgan fingerprint density at radius 2 is 1.71 bits per heavy atom. The molecule has 6 nitrogen and oxygen atoms in total. The van der Waals surface area contributed by atoms with Gasteiger partial charge >= 0.3 is 6.03 Å². The Morgan fingerprint density at radius 3 is 2.32 bits per heavy atom. The fraction of sp³-hybridized carbons (Fsp3) is 0.320. The Balaban J connectivity index is 1.79. The largest absolute Gasteiger partial charge is 0.493 e. The number of urea groups is 1. The molecule has 31 heavy (non-hydrogen) atoms. The van der Waals surface area contributed by atoms with Crippen LogP contribution in [0.25, 0.3) is 0 Å². The van der Waals surface area contributed by atoms with Gasteiger partial charge in [-0.2, -0.15) is 0 Å². The highest BCUT2D eigenvalue weighted by Crippen LogP contribution is 2.28. The Kier molecular flexibility index (Phi) is 7.23. The van der Waals surface area contributed by atoms with Crippen molar-refractivity contribution in [2.24, 2.45) is 7.05 Å². The zero-order chi connectivity index (χ0) is 22.4. The summed E-state index contributed by atoms with van der Waals surface area (Å²) in [6.45, 7) is 5.10. The molecule has 0 radical (unpaired) electrons. The lowest BCUT2D eigenvalue weighted by molar-refractivity contribution is 0.208. The van der Waals surface area contributed by atoms with Crippen molar-refractivity contribution in [1.29, 1.82) is 0 Å². The average molecular weight is 422 g/mol. The molecule has 0 aliphatic rings. The molecule has 6 heteroatoms. The van der Waals surface area contributed by atoms with Gasteiger partial charge in [-0.3, -0.25) is 0 Å². The molecule has 0 bridgehead atoms. The van der Waals surface area contributed by atoms with Crippen LogP contribution in [-0.4, -0.2) is 36.3 Å². The minimum absolute atomic E-state index is 0.112. The van der Waals surface area contributed by atoms with Crippen molar-refractivity contribution in [3.05, 3.63) is 77.1 Å². The highest BCUT2D eigenvalue weighted by molar-refractivity contribution is 5.91. The van der Waals surface area contributed by atoms with Gasteiger partial charge in [-0.15, -0.1) is 0 Å². The Hall–Kier alpha value is -3.41. The topological polar surface area (TPSA) is 55.7 Å². The van der Waals surface area contributed by atoms with E-state index in [4.69, 9.17) is 9.47 Å². The summed E-state index contributed by atoms with van der Waals surface area (Å²) in [5, 5.41) is 3.12. The lowest BCUT2D eigenvalue weighted by atomic mass is 10.1. The van der Waals surface area contributed by atoms with Gasteiger partial charge in [0.1, 0.15) is 0 Å². The average Bonchev–Trinajstić information content (AvgIpc) is 3.17. The Labute approximate surface area is 184 Å². The van der Waals surface area contributed by atoms with Crippen LogP contribution in [0, 0.1) is 13.8 Å². The zero-order valence-corrected chi connectivity index (χ0v) is 18.9. The molecule has 0 saturated heterocycles. The minimum atomic E-state index is -0.112. The van der Waals surface area contributed by atoms with Crippen LogP contribution in [0.5, 0.6) is 11.5 Å². The van der Waals surface area contributed by atoms with Crippen molar-refractivity contribution in [2.45, 2.75) is 26.8 Å². The molecule has 0 fully saturated rings. The molecule has 0 aliphatic carbocycles. The summed E-state index contributed by atoms with van der Waals surface area (Å²) in [5.74, 6) is 1.38. The number of hydrogen-bond donors (Lipinski definition) is 1. The van der Waals surface area contributed by atoms with Gasteiger partial charge in [0.05, 0.1) is 20.8 Å². The van der Waals surface area contributed by atoms with Crippen LogP contribution >= 0.6 is 0 Å². The number of hydrogen-bond acceptors (Lipinski definition) is 3. The molecule has 1 aromatic heterocycles. The van der Waals surface area contributed by atoms with E-state index in [9.17, 15) is 4.79 Å². The van der Waals surface area contributed by atoms with Crippen LogP contribution in [-0.2, 0) is 20.0 Å². The molecule has 1 heterocycles. The maximum Gasteiger partial charge on any atom is 0.322 e. The van der Waals surface area contributed by atoms with Crippen molar-refractivity contribution in [3.63, 3.8) is 0 Å². The number of nitrogens with one attached hydrogen (secondary N) is 1. The third-order valence-corrected chi connectivity index (χ3v) is 5.52. The highest BCUT2D eigenvalue weighted by Gasteiger charge is 2.17. The van der Waals surface area contributed by atoms with Gasteiger partial charge in [0.15, 0.2) is 11.5 Å². The molecule has 2 aromatic carbocycles. The van der Waals surface area contributed by atoms with Gasteiger partial charge in [-0.25, -0.2) is 4.79 Å². The molecule has 3 aromatic rings. The second kappa shape index (κ2) is 10.1. The standard InChI is InChI=1S/C25H31N3O3/c1-18-8-6-9-19(2)24(18)26-25(29)28(17-21-10-7-14-27(21)3)15-13-20-11-12-22(30-4)23(16-20)31-5/h6-12,14,16H,13,15,17H2,1-5H3,(H,26,29). The van der Waals surface area contributed by atoms with E-state index in [1.54, 1.807) is 14.2 Å². The van der Waals surface area contributed by atoms with E-state index in [1.165, 1.54) is 0 Å². The SMILES string of the molecule is COc1ccc(CCN(Cc2cccn2C)C(=O)Nc2c(C)cccc2C)cc1OC. The second-order valence-electron chi connectivity index (χ2n) is 7.67. The first-order valence-corrected chi connectivity index (χ1v) is 10.4. The number of ether oxygens (including phenoxy) is 2. The summed E-state index contributed by atoms with van der Waals surface area (Å²) in [7, 11) is 5.24. The maximum atomic E-state index is 13.3. The molecule has 0 atom stereocenters. The van der Waals surface area contributed by atoms with Crippen LogP contribution in [0.15, 0.2) is 54.7 Å². The van der Waals surface area contributed by atoms with Gasteiger partial charge in [-0.05, 0) is 61.2 Å². The fourth-order valence-corrected chi connectivity index (χ4v) is 3.61. The molecular weight excluding hydrogens is 390 g/mol. The maximum absolute atomic E-state index is 13.3. The number of anilines is 1. The Bertz CT molecular complexity index is 1020. The number of benzene rings is 2. The normalized spacial score (nSPS) is 10.6. The number of carbonyl (C=O) groups excluding carboxylic acids is 1. The predicted octanol–water partition coefficient (Wildman–Crippen LogP) is 4.94. The molecule has 0 unspecified atom stereocenters. The van der Waals surface area contributed by atoms with Crippen molar-refractivity contribution < 1.29 is 14.3 Å². The lowest BCUT2D eigenvalue weighted by Crippen LogP contribution is -2.37. The summed E-state index contributed by atoms with van der Waals surface area (Å²) in [6, 6.07) is 15.8. The molecule has 3 rings (SSSR count). The number of aryl methyl sites for hydroxylation is 3. The van der Waals surface area contributed by atoms with Crippen molar-refractivity contribution in [2.75, 3.05) is 26.1 Å². The monoisotopic (exact) mass is 421 g/mol. The smallest absolute Gasteiger partial charge is 0.322 e. The second-order valence-corrected chi connectivity index (χ2v) is 7.67. The number of aromatic nitrogens is 1. The van der Waals surface area contributed by atoms with Crippen LogP contribution in [0.4, 0.5) is 10.5 Å². The predicted molar refractivity (Wildman–Crippen MR) is 124 cm³/mol. The fourth-order valence-electron chi connectivity index (χ4n) is 3.61. The number of methoxy groups -OCH3 is 2. The summed E-state index contributed by atoms with van der Waals surface area (Å²) < 4.78 is 12.8. The molecular formula is C25H31N3O3. The van der Waals surface area contributed by atoms with Gasteiger partial charge < -0.3 is 24.3 Å². The number of carbonyl (C=O) groups is 1. The van der Waals surface area contributed by atoms with Crippen LogP contribution in [0.3, 0.4) is 0 Å². The first-order chi connectivity index (χ1) is 14.9. The summed E-state index contributed by atoms with van der Waals surface area (Å²) >= 11 is 0. The number of para-hydroxylation sites is 1. The van der Waals surface area contributed by atoms with Crippen LogP contribution in [0.2, 0.25) is 0 Å². The van der Waals surface area contributed by atoms with Gasteiger partial charge in [0.25, 0.3) is 0 Å². The third-order valence-electron chi connectivity index (χ3n) is 5.52. The van der Waals surface area contributed by atoms with E-state index >= 15 is 0 Å². The van der Waals surface area contributed by atoms with E-state index in [-0.39, 0.29) is 6.03 Å². The third kappa shape index (κ3) is 5.40. The first kappa shape index (κ1) is 22.3. The van der Waals surface area contributed by atoms with Gasteiger partial charge in [-0.1, -0.05) is 24.3 Å². The summed E-state index contributed by atoms with van der Waals surface area (Å²) in [5.41, 5.74) is 5.12. The molecule has 164 valence electrons. The minimum Gasteiger partial charge on any atom is -0.493 e. The number of amides is 2. The van der Waals surface area contributed by atoms with Crippen molar-refractivity contribution >= 4 is 11.7 Å². The van der Waals surface area contributed by atoms with Crippen molar-refractivity contribution in [1.82, 2.24) is 9.47 Å². The molecule has 0 saturated carbocycles.